The molecule has 0 aliphatic heterocycles. The van der Waals surface area contributed by atoms with Crippen molar-refractivity contribution in [3.8, 4) is 5.75 Å². The highest BCUT2D eigenvalue weighted by Gasteiger charge is 2.14. The first-order valence-corrected chi connectivity index (χ1v) is 7.39. The van der Waals surface area contributed by atoms with Crippen LogP contribution in [0.4, 0.5) is 5.69 Å². The molecule has 0 unspecified atom stereocenters. The van der Waals surface area contributed by atoms with Crippen molar-refractivity contribution >= 4 is 29.4 Å². The number of benzene rings is 2. The van der Waals surface area contributed by atoms with E-state index in [9.17, 15) is 9.90 Å². The second-order valence-electron chi connectivity index (χ2n) is 5.97. The minimum Gasteiger partial charge on any atom is -1.00 e. The van der Waals surface area contributed by atoms with Gasteiger partial charge in [0.15, 0.2) is 0 Å². The van der Waals surface area contributed by atoms with E-state index in [1.807, 2.05) is 39.3 Å². The molecule has 2 aromatic carbocycles. The summed E-state index contributed by atoms with van der Waals surface area (Å²) in [6.45, 7) is 0. The summed E-state index contributed by atoms with van der Waals surface area (Å²) in [7, 11) is 6.08. The van der Waals surface area contributed by atoms with E-state index < -0.39 is 0 Å². The van der Waals surface area contributed by atoms with E-state index in [0.29, 0.717) is 20.6 Å². The zero-order valence-corrected chi connectivity index (χ0v) is 16.5. The summed E-state index contributed by atoms with van der Waals surface area (Å²) >= 11 is 5.76. The van der Waals surface area contributed by atoms with E-state index in [2.05, 4.69) is 10.5 Å². The predicted octanol–water partition coefficient (Wildman–Crippen LogP) is 0.0102. The molecule has 0 saturated carbocycles. The maximum absolute atomic E-state index is 12.1. The maximum atomic E-state index is 12.1. The fraction of sp³-hybridized carbons (Fsp3) is 0.176. The van der Waals surface area contributed by atoms with E-state index in [1.165, 1.54) is 12.3 Å². The maximum Gasteiger partial charge on any atom is 0.271 e. The van der Waals surface area contributed by atoms with E-state index in [4.69, 9.17) is 11.6 Å². The molecule has 0 spiro atoms. The van der Waals surface area contributed by atoms with Gasteiger partial charge in [-0.3, -0.25) is 9.28 Å². The Bertz CT molecular complexity index is 758. The van der Waals surface area contributed by atoms with Gasteiger partial charge in [0.2, 0.25) is 0 Å². The lowest BCUT2D eigenvalue weighted by Crippen LogP contribution is -3.00. The summed E-state index contributed by atoms with van der Waals surface area (Å²) in [5, 5.41) is 14.0. The van der Waals surface area contributed by atoms with Gasteiger partial charge in [0, 0.05) is 22.2 Å². The van der Waals surface area contributed by atoms with Gasteiger partial charge in [-0.25, -0.2) is 5.43 Å². The summed E-state index contributed by atoms with van der Waals surface area (Å²) in [6.07, 6.45) is 1.37. The highest BCUT2D eigenvalue weighted by molar-refractivity contribution is 6.30. The normalized spacial score (nSPS) is 11.2. The van der Waals surface area contributed by atoms with Crippen molar-refractivity contribution in [3.05, 3.63) is 58.6 Å². The fourth-order valence-electron chi connectivity index (χ4n) is 1.92. The number of hydrogen-bond acceptors (Lipinski definition) is 3. The molecule has 2 N–H and O–H groups in total. The van der Waals surface area contributed by atoms with E-state index in [1.54, 1.807) is 18.2 Å². The van der Waals surface area contributed by atoms with E-state index >= 15 is 0 Å². The molecule has 0 atom stereocenters. The first-order chi connectivity index (χ1) is 10.8. The highest BCUT2D eigenvalue weighted by atomic mass is 127. The first kappa shape index (κ1) is 20.4. The molecule has 0 fully saturated rings. The Labute approximate surface area is 163 Å². The Morgan fingerprint density at radius 3 is 2.54 bits per heavy atom. The number of rotatable bonds is 4. The van der Waals surface area contributed by atoms with Crippen LogP contribution < -0.4 is 33.9 Å². The molecule has 128 valence electrons. The highest BCUT2D eigenvalue weighted by Crippen LogP contribution is 2.20. The van der Waals surface area contributed by atoms with Crippen LogP contribution in [-0.2, 0) is 0 Å². The molecule has 0 bridgehead atoms. The van der Waals surface area contributed by atoms with Crippen molar-refractivity contribution in [3.63, 3.8) is 0 Å². The number of hydrogen-bond donors (Lipinski definition) is 2. The topological polar surface area (TPSA) is 61.7 Å². The number of nitrogens with one attached hydrogen (secondary N) is 1. The number of hydrazone groups is 1. The molecule has 0 radical (unpaired) electrons. The number of aromatic hydroxyl groups is 1. The molecule has 0 heterocycles. The number of carbonyl (C=O) groups excluding carboxylic acids is 1. The third kappa shape index (κ3) is 5.47. The number of carbonyl (C=O) groups is 1. The minimum atomic E-state index is -0.315. The molecule has 0 saturated heterocycles. The molecule has 0 aliphatic rings. The monoisotopic (exact) mass is 459 g/mol. The van der Waals surface area contributed by atoms with Crippen LogP contribution in [0.2, 0.25) is 5.02 Å². The molecular formula is C17H19ClIN3O2. The van der Waals surface area contributed by atoms with Crippen LogP contribution in [0.3, 0.4) is 0 Å². The van der Waals surface area contributed by atoms with Gasteiger partial charge in [0.25, 0.3) is 5.91 Å². The van der Waals surface area contributed by atoms with Gasteiger partial charge in [-0.15, -0.1) is 0 Å². The zero-order valence-electron chi connectivity index (χ0n) is 13.6. The van der Waals surface area contributed by atoms with E-state index in [0.717, 1.165) is 5.69 Å². The molecule has 2 aromatic rings. The molecule has 0 aromatic heterocycles. The van der Waals surface area contributed by atoms with E-state index in [-0.39, 0.29) is 35.6 Å². The lowest BCUT2D eigenvalue weighted by atomic mass is 10.1. The van der Waals surface area contributed by atoms with Crippen LogP contribution in [-0.4, -0.2) is 38.4 Å². The largest absolute Gasteiger partial charge is 1.00 e. The lowest BCUT2D eigenvalue weighted by molar-refractivity contribution is -0.0000140. The summed E-state index contributed by atoms with van der Waals surface area (Å²) in [4.78, 5) is 12.1. The van der Waals surface area contributed by atoms with Crippen LogP contribution in [0.15, 0.2) is 47.6 Å². The molecular weight excluding hydrogens is 441 g/mol. The smallest absolute Gasteiger partial charge is 0.271 e. The van der Waals surface area contributed by atoms with Gasteiger partial charge in [0.1, 0.15) is 11.4 Å². The second kappa shape index (κ2) is 8.46. The second-order valence-corrected chi connectivity index (χ2v) is 6.40. The molecule has 2 rings (SSSR count). The summed E-state index contributed by atoms with van der Waals surface area (Å²) < 4.78 is 0.614. The van der Waals surface area contributed by atoms with Gasteiger partial charge in [-0.2, -0.15) is 5.10 Å². The molecule has 24 heavy (non-hydrogen) atoms. The van der Waals surface area contributed by atoms with Gasteiger partial charge >= 0.3 is 0 Å². The van der Waals surface area contributed by atoms with Gasteiger partial charge in [0.05, 0.1) is 27.4 Å². The quantitative estimate of drug-likeness (QED) is 0.293. The fourth-order valence-corrected chi connectivity index (χ4v) is 2.08. The Morgan fingerprint density at radius 1 is 1.21 bits per heavy atom. The summed E-state index contributed by atoms with van der Waals surface area (Å²) in [6, 6.07) is 12.0. The third-order valence-corrected chi connectivity index (χ3v) is 3.48. The van der Waals surface area contributed by atoms with Crippen LogP contribution in [0, 0.1) is 0 Å². The van der Waals surface area contributed by atoms with Gasteiger partial charge in [-0.1, -0.05) is 17.7 Å². The van der Waals surface area contributed by atoms with Crippen molar-refractivity contribution in [1.29, 1.82) is 0 Å². The van der Waals surface area contributed by atoms with Crippen molar-refractivity contribution < 1.29 is 33.9 Å². The van der Waals surface area contributed by atoms with Crippen molar-refractivity contribution in [1.82, 2.24) is 9.91 Å². The van der Waals surface area contributed by atoms with Crippen molar-refractivity contribution in [2.75, 3.05) is 21.1 Å². The van der Waals surface area contributed by atoms with Crippen LogP contribution in [0.25, 0.3) is 0 Å². The number of halogens is 2. The van der Waals surface area contributed by atoms with Gasteiger partial charge in [-0.05, 0) is 30.3 Å². The van der Waals surface area contributed by atoms with Crippen LogP contribution in [0.1, 0.15) is 15.9 Å². The van der Waals surface area contributed by atoms with Crippen molar-refractivity contribution in [2.45, 2.75) is 0 Å². The number of quaternary nitrogens is 1. The molecule has 7 heteroatoms. The number of phenols is 1. The van der Waals surface area contributed by atoms with Crippen LogP contribution in [0.5, 0.6) is 5.75 Å². The Morgan fingerprint density at radius 2 is 1.92 bits per heavy atom. The minimum absolute atomic E-state index is 0. The average molecular weight is 460 g/mol. The first-order valence-electron chi connectivity index (χ1n) is 7.01. The predicted molar refractivity (Wildman–Crippen MR) is 94.2 cm³/mol. The number of amides is 1. The summed E-state index contributed by atoms with van der Waals surface area (Å²) in [5.74, 6) is -0.312. The Hall–Kier alpha value is -1.64. The Balaban J connectivity index is 0.00000288. The molecule has 5 nitrogen and oxygen atoms in total. The Kier molecular flexibility index (Phi) is 7.19. The SMILES string of the molecule is C[N+](C)(C)c1cccc(C(=O)N/N=C/c2ccc(Cl)cc2O)c1.[I-]. The van der Waals surface area contributed by atoms with Crippen molar-refractivity contribution in [2.24, 2.45) is 5.10 Å². The standard InChI is InChI=1S/C17H18ClN3O2.HI/c1-21(2,3)15-6-4-5-12(9-15)17(23)20-19-11-13-7-8-14(18)10-16(13)22;/h4-11H,1-3H3,(H-,19,20,22,23);1H. The summed E-state index contributed by atoms with van der Waals surface area (Å²) in [5.41, 5.74) is 4.45. The molecule has 1 amide bonds. The third-order valence-electron chi connectivity index (χ3n) is 3.25. The number of nitrogens with zero attached hydrogens (tertiary/aromatic N) is 2. The average Bonchev–Trinajstić information content (AvgIpc) is 2.48. The van der Waals surface area contributed by atoms with Crippen LogP contribution >= 0.6 is 11.6 Å². The lowest BCUT2D eigenvalue weighted by Gasteiger charge is -2.23. The zero-order chi connectivity index (χ0) is 17.0. The molecule has 0 aliphatic carbocycles. The van der Waals surface area contributed by atoms with Gasteiger partial charge < -0.3 is 29.1 Å². The number of phenolic OH excluding ortho intramolecular Hbond substituents is 1.